The van der Waals surface area contributed by atoms with Gasteiger partial charge in [0.2, 0.25) is 0 Å². The summed E-state index contributed by atoms with van der Waals surface area (Å²) in [5.74, 6) is 1.67. The first-order chi connectivity index (χ1) is 12.6. The molecule has 2 aliphatic heterocycles. The van der Waals surface area contributed by atoms with Crippen LogP contribution in [0.1, 0.15) is 18.4 Å². The summed E-state index contributed by atoms with van der Waals surface area (Å²) in [6.45, 7) is 3.37. The minimum atomic E-state index is -0.333. The van der Waals surface area contributed by atoms with E-state index in [0.29, 0.717) is 6.54 Å². The SMILES string of the molecule is CN1CC2(CCCN(Cc3ccc(Oc4ccccc4)cc3)C2)OC1=O. The molecule has 2 heterocycles. The van der Waals surface area contributed by atoms with E-state index < -0.39 is 0 Å². The van der Waals surface area contributed by atoms with Crippen LogP contribution in [0.2, 0.25) is 0 Å². The Bertz CT molecular complexity index is 763. The number of rotatable bonds is 4. The molecule has 5 nitrogen and oxygen atoms in total. The topological polar surface area (TPSA) is 42.0 Å². The Balaban J connectivity index is 1.37. The maximum absolute atomic E-state index is 11.8. The molecule has 1 spiro atoms. The average molecular weight is 352 g/mol. The molecule has 1 amide bonds. The van der Waals surface area contributed by atoms with Crippen molar-refractivity contribution in [2.45, 2.75) is 25.0 Å². The highest BCUT2D eigenvalue weighted by Gasteiger charge is 2.46. The van der Waals surface area contributed by atoms with Crippen molar-refractivity contribution in [3.05, 3.63) is 60.2 Å². The van der Waals surface area contributed by atoms with Gasteiger partial charge in [0, 0.05) is 20.1 Å². The van der Waals surface area contributed by atoms with Gasteiger partial charge >= 0.3 is 6.09 Å². The fourth-order valence-corrected chi connectivity index (χ4v) is 3.88. The summed E-state index contributed by atoms with van der Waals surface area (Å²) in [6, 6.07) is 18.0. The van der Waals surface area contributed by atoms with E-state index in [1.54, 1.807) is 4.90 Å². The first-order valence-electron chi connectivity index (χ1n) is 9.10. The molecule has 2 aromatic rings. The van der Waals surface area contributed by atoms with E-state index in [1.807, 2.05) is 49.5 Å². The van der Waals surface area contributed by atoms with Crippen molar-refractivity contribution in [3.8, 4) is 11.5 Å². The molecular formula is C21H24N2O3. The molecule has 26 heavy (non-hydrogen) atoms. The molecule has 4 rings (SSSR count). The van der Waals surface area contributed by atoms with Crippen LogP contribution >= 0.6 is 0 Å². The quantitative estimate of drug-likeness (QED) is 0.837. The average Bonchev–Trinajstić information content (AvgIpc) is 2.90. The van der Waals surface area contributed by atoms with Crippen LogP contribution in [0.25, 0.3) is 0 Å². The molecule has 0 radical (unpaired) electrons. The minimum Gasteiger partial charge on any atom is -0.457 e. The van der Waals surface area contributed by atoms with E-state index in [2.05, 4.69) is 17.0 Å². The van der Waals surface area contributed by atoms with Gasteiger partial charge in [0.25, 0.3) is 0 Å². The number of para-hydroxylation sites is 1. The normalized spacial score (nSPS) is 23.3. The van der Waals surface area contributed by atoms with Crippen LogP contribution < -0.4 is 4.74 Å². The molecule has 0 bridgehead atoms. The second-order valence-corrected chi connectivity index (χ2v) is 7.28. The van der Waals surface area contributed by atoms with Crippen LogP contribution in [-0.4, -0.2) is 48.2 Å². The van der Waals surface area contributed by atoms with Gasteiger partial charge in [-0.3, -0.25) is 4.90 Å². The number of piperidine rings is 1. The van der Waals surface area contributed by atoms with E-state index >= 15 is 0 Å². The molecule has 0 saturated carbocycles. The summed E-state index contributed by atoms with van der Waals surface area (Å²) in [5, 5.41) is 0. The van der Waals surface area contributed by atoms with Gasteiger partial charge in [-0.15, -0.1) is 0 Å². The van der Waals surface area contributed by atoms with Crippen LogP contribution in [0.15, 0.2) is 54.6 Å². The largest absolute Gasteiger partial charge is 0.457 e. The number of hydrogen-bond acceptors (Lipinski definition) is 4. The highest BCUT2D eigenvalue weighted by Crippen LogP contribution is 2.32. The van der Waals surface area contributed by atoms with Crippen molar-refractivity contribution in [3.63, 3.8) is 0 Å². The zero-order chi connectivity index (χ0) is 18.0. The standard InChI is InChI=1S/C21H24N2O3/c1-22-15-21(26-20(22)24)12-5-13-23(16-21)14-17-8-10-19(11-9-17)25-18-6-3-2-4-7-18/h2-4,6-11H,5,12-16H2,1H3. The lowest BCUT2D eigenvalue weighted by molar-refractivity contribution is -0.0113. The lowest BCUT2D eigenvalue weighted by Gasteiger charge is -2.38. The van der Waals surface area contributed by atoms with E-state index in [4.69, 9.17) is 9.47 Å². The summed E-state index contributed by atoms with van der Waals surface area (Å²) < 4.78 is 11.5. The van der Waals surface area contributed by atoms with Gasteiger partial charge in [-0.1, -0.05) is 30.3 Å². The van der Waals surface area contributed by atoms with Gasteiger partial charge < -0.3 is 14.4 Å². The molecule has 2 fully saturated rings. The Morgan fingerprint density at radius 2 is 1.77 bits per heavy atom. The van der Waals surface area contributed by atoms with Crippen LogP contribution in [0.4, 0.5) is 4.79 Å². The first-order valence-corrected chi connectivity index (χ1v) is 9.10. The predicted octanol–water partition coefficient (Wildman–Crippen LogP) is 3.90. The van der Waals surface area contributed by atoms with Crippen molar-refractivity contribution >= 4 is 6.09 Å². The minimum absolute atomic E-state index is 0.200. The Kier molecular flexibility index (Phi) is 4.55. The van der Waals surface area contributed by atoms with E-state index in [1.165, 1.54) is 5.56 Å². The highest BCUT2D eigenvalue weighted by molar-refractivity contribution is 5.70. The van der Waals surface area contributed by atoms with Gasteiger partial charge in [0.05, 0.1) is 6.54 Å². The molecule has 2 aromatic carbocycles. The smallest absolute Gasteiger partial charge is 0.410 e. The van der Waals surface area contributed by atoms with Crippen molar-refractivity contribution < 1.29 is 14.3 Å². The van der Waals surface area contributed by atoms with E-state index in [0.717, 1.165) is 44.0 Å². The molecule has 1 unspecified atom stereocenters. The number of hydrogen-bond donors (Lipinski definition) is 0. The Morgan fingerprint density at radius 3 is 2.46 bits per heavy atom. The monoisotopic (exact) mass is 352 g/mol. The number of nitrogens with zero attached hydrogens (tertiary/aromatic N) is 2. The molecule has 1 atom stereocenters. The predicted molar refractivity (Wildman–Crippen MR) is 99.3 cm³/mol. The molecule has 2 saturated heterocycles. The van der Waals surface area contributed by atoms with Crippen molar-refractivity contribution in [1.82, 2.24) is 9.80 Å². The molecule has 0 N–H and O–H groups in total. The summed E-state index contributed by atoms with van der Waals surface area (Å²) in [7, 11) is 1.81. The summed E-state index contributed by atoms with van der Waals surface area (Å²) >= 11 is 0. The maximum atomic E-state index is 11.8. The van der Waals surface area contributed by atoms with Gasteiger partial charge in [-0.25, -0.2) is 4.79 Å². The van der Waals surface area contributed by atoms with Crippen LogP contribution in [0, 0.1) is 0 Å². The summed E-state index contributed by atoms with van der Waals surface area (Å²) in [4.78, 5) is 15.8. The first kappa shape index (κ1) is 16.9. The van der Waals surface area contributed by atoms with Gasteiger partial charge in [-0.05, 0) is 49.2 Å². The molecular weight excluding hydrogens is 328 g/mol. The van der Waals surface area contributed by atoms with E-state index in [-0.39, 0.29) is 11.7 Å². The van der Waals surface area contributed by atoms with Crippen LogP contribution in [0.3, 0.4) is 0 Å². The zero-order valence-electron chi connectivity index (χ0n) is 15.1. The van der Waals surface area contributed by atoms with Gasteiger partial charge in [-0.2, -0.15) is 0 Å². The zero-order valence-corrected chi connectivity index (χ0v) is 15.1. The van der Waals surface area contributed by atoms with Crippen molar-refractivity contribution in [2.75, 3.05) is 26.7 Å². The molecule has 5 heteroatoms. The van der Waals surface area contributed by atoms with Crippen LogP contribution in [-0.2, 0) is 11.3 Å². The number of amides is 1. The lowest BCUT2D eigenvalue weighted by atomic mass is 9.92. The van der Waals surface area contributed by atoms with Crippen molar-refractivity contribution in [2.24, 2.45) is 0 Å². The number of likely N-dealkylation sites (N-methyl/N-ethyl adjacent to an activating group) is 1. The molecule has 136 valence electrons. The summed E-state index contributed by atoms with van der Waals surface area (Å²) in [6.07, 6.45) is 1.80. The number of carbonyl (C=O) groups is 1. The third kappa shape index (κ3) is 3.68. The van der Waals surface area contributed by atoms with Gasteiger partial charge in [0.1, 0.15) is 17.1 Å². The number of likely N-dealkylation sites (tertiary alicyclic amines) is 1. The fourth-order valence-electron chi connectivity index (χ4n) is 3.88. The second-order valence-electron chi connectivity index (χ2n) is 7.28. The Labute approximate surface area is 154 Å². The Hall–Kier alpha value is -2.53. The molecule has 2 aliphatic rings. The fraction of sp³-hybridized carbons (Fsp3) is 0.381. The molecule has 0 aliphatic carbocycles. The highest BCUT2D eigenvalue weighted by atomic mass is 16.6. The number of carbonyl (C=O) groups excluding carboxylic acids is 1. The number of benzene rings is 2. The van der Waals surface area contributed by atoms with E-state index in [9.17, 15) is 4.79 Å². The molecule has 0 aromatic heterocycles. The lowest BCUT2D eigenvalue weighted by Crippen LogP contribution is -2.50. The van der Waals surface area contributed by atoms with Crippen LogP contribution in [0.5, 0.6) is 11.5 Å². The third-order valence-corrected chi connectivity index (χ3v) is 5.07. The van der Waals surface area contributed by atoms with Gasteiger partial charge in [0.15, 0.2) is 0 Å². The maximum Gasteiger partial charge on any atom is 0.410 e. The second kappa shape index (κ2) is 7.00. The third-order valence-electron chi connectivity index (χ3n) is 5.07. The summed E-state index contributed by atoms with van der Waals surface area (Å²) in [5.41, 5.74) is 0.903. The number of ether oxygens (including phenoxy) is 2. The van der Waals surface area contributed by atoms with Crippen molar-refractivity contribution in [1.29, 1.82) is 0 Å². The Morgan fingerprint density at radius 1 is 1.04 bits per heavy atom.